The Morgan fingerprint density at radius 1 is 0.686 bits per heavy atom. The first-order chi connectivity index (χ1) is 23.9. The lowest BCUT2D eigenvalue weighted by Gasteiger charge is -2.36. The van der Waals surface area contributed by atoms with E-state index in [0.717, 1.165) is 16.9 Å². The molecule has 0 radical (unpaired) electrons. The maximum Gasteiger partial charge on any atom is 0.339 e. The molecule has 0 saturated heterocycles. The molecule has 0 heterocycles. The third kappa shape index (κ3) is 11.6. The van der Waals surface area contributed by atoms with E-state index in [1.807, 2.05) is 24.3 Å². The molecule has 51 heavy (non-hydrogen) atoms. The number of phenols is 1. The Balaban J connectivity index is 0.000000286. The van der Waals surface area contributed by atoms with Gasteiger partial charge in [0, 0.05) is 24.2 Å². The number of carbonyl (C=O) groups is 4. The maximum absolute atomic E-state index is 12.5. The van der Waals surface area contributed by atoms with E-state index in [9.17, 15) is 24.3 Å². The number of aromatic hydroxyl groups is 1. The molecule has 4 aromatic rings. The summed E-state index contributed by atoms with van der Waals surface area (Å²) in [6.45, 7) is 11.6. The summed E-state index contributed by atoms with van der Waals surface area (Å²) in [4.78, 5) is 47.5. The van der Waals surface area contributed by atoms with Crippen LogP contribution in [0.25, 0.3) is 0 Å². The number of halogens is 2. The lowest BCUT2D eigenvalue weighted by atomic mass is 10.1. The number of hydrogen-bond acceptors (Lipinski definition) is 8. The predicted octanol–water partition coefficient (Wildman–Crippen LogP) is 8.20. The number of amides is 2. The quantitative estimate of drug-likeness (QED) is 0.109. The van der Waals surface area contributed by atoms with Crippen LogP contribution in [-0.2, 0) is 22.6 Å². The predicted molar refractivity (Wildman–Crippen MR) is 200 cm³/mol. The summed E-state index contributed by atoms with van der Waals surface area (Å²) in [7, 11) is 0.608. The standard InChI is InChI=1S/C22H28ClNO4Si.C16H14ClNO4/c1-22(2,3)29(5,6)28-17-9-7-8-15(12-17)14-24-20(25)16-10-11-18(19(23)13-16)21(26)27-4;1-22-16(21)13-6-5-11(8-14(13)17)15(20)18-9-10-3-2-4-12(19)7-10/h7-13H,14H2,1-6H3,(H,24,25);2-8,19H,9H2,1H3,(H,18,20). The van der Waals surface area contributed by atoms with Gasteiger partial charge in [-0.25, -0.2) is 9.59 Å². The molecule has 0 bridgehead atoms. The Kier molecular flexibility index (Phi) is 14.2. The van der Waals surface area contributed by atoms with Crippen LogP contribution in [0.4, 0.5) is 0 Å². The molecular weight excluding hydrogens is 711 g/mol. The molecule has 0 fully saturated rings. The van der Waals surface area contributed by atoms with Crippen molar-refractivity contribution in [3.8, 4) is 11.5 Å². The van der Waals surface area contributed by atoms with Gasteiger partial charge in [-0.1, -0.05) is 68.2 Å². The number of benzene rings is 4. The topological polar surface area (TPSA) is 140 Å². The zero-order valence-corrected chi connectivity index (χ0v) is 32.1. The Labute approximate surface area is 309 Å². The van der Waals surface area contributed by atoms with Gasteiger partial charge in [-0.3, -0.25) is 9.59 Å². The smallest absolute Gasteiger partial charge is 0.339 e. The molecule has 0 unspecified atom stereocenters. The highest BCUT2D eigenvalue weighted by Gasteiger charge is 2.39. The summed E-state index contributed by atoms with van der Waals surface area (Å²) in [5.74, 6) is -0.760. The first kappa shape index (κ1) is 40.6. The molecule has 0 aromatic heterocycles. The van der Waals surface area contributed by atoms with Crippen LogP contribution in [0.2, 0.25) is 28.2 Å². The molecule has 0 atom stereocenters. The van der Waals surface area contributed by atoms with E-state index in [-0.39, 0.29) is 50.3 Å². The van der Waals surface area contributed by atoms with Crippen LogP contribution in [-0.4, -0.2) is 51.4 Å². The first-order valence-corrected chi connectivity index (χ1v) is 19.5. The third-order valence-electron chi connectivity index (χ3n) is 8.17. The van der Waals surface area contributed by atoms with E-state index >= 15 is 0 Å². The molecular formula is C38H42Cl2N2O8Si. The van der Waals surface area contributed by atoms with E-state index in [1.165, 1.54) is 44.6 Å². The van der Waals surface area contributed by atoms with Crippen molar-refractivity contribution in [3.63, 3.8) is 0 Å². The SMILES string of the molecule is COC(=O)c1ccc(C(=O)NCc2cccc(O)c2)cc1Cl.COC(=O)c1ccc(C(=O)NCc2cccc(O[Si](C)(C)C(C)(C)C)c2)cc1Cl. The highest BCUT2D eigenvalue weighted by Crippen LogP contribution is 2.37. The van der Waals surface area contributed by atoms with E-state index < -0.39 is 20.3 Å². The average molecular weight is 754 g/mol. The summed E-state index contributed by atoms with van der Waals surface area (Å²) in [6, 6.07) is 23.2. The van der Waals surface area contributed by atoms with Crippen LogP contribution in [0.1, 0.15) is 73.3 Å². The fourth-order valence-electron chi connectivity index (χ4n) is 4.27. The molecule has 13 heteroatoms. The fraction of sp³-hybridized carbons (Fsp3) is 0.263. The molecule has 0 spiro atoms. The van der Waals surface area contributed by atoms with Gasteiger partial charge in [0.1, 0.15) is 11.5 Å². The van der Waals surface area contributed by atoms with Gasteiger partial charge in [-0.2, -0.15) is 0 Å². The van der Waals surface area contributed by atoms with Crippen molar-refractivity contribution in [3.05, 3.63) is 128 Å². The van der Waals surface area contributed by atoms with E-state index in [2.05, 4.69) is 54.0 Å². The highest BCUT2D eigenvalue weighted by molar-refractivity contribution is 6.74. The second-order valence-corrected chi connectivity index (χ2v) is 18.5. The highest BCUT2D eigenvalue weighted by atomic mass is 35.5. The molecule has 4 aromatic carbocycles. The number of ether oxygens (including phenoxy) is 2. The lowest BCUT2D eigenvalue weighted by molar-refractivity contribution is 0.0592. The fourth-order valence-corrected chi connectivity index (χ4v) is 5.80. The van der Waals surface area contributed by atoms with Gasteiger partial charge < -0.3 is 29.6 Å². The van der Waals surface area contributed by atoms with E-state index in [1.54, 1.807) is 30.3 Å². The molecule has 0 aliphatic heterocycles. The minimum Gasteiger partial charge on any atom is -0.543 e. The van der Waals surface area contributed by atoms with Gasteiger partial charge in [0.05, 0.1) is 35.4 Å². The van der Waals surface area contributed by atoms with Gasteiger partial charge in [0.25, 0.3) is 11.8 Å². The van der Waals surface area contributed by atoms with Gasteiger partial charge >= 0.3 is 11.9 Å². The molecule has 10 nitrogen and oxygen atoms in total. The number of hydrogen-bond donors (Lipinski definition) is 3. The molecule has 0 aliphatic rings. The Hall–Kier alpha value is -4.84. The minimum absolute atomic E-state index is 0.104. The number of esters is 2. The van der Waals surface area contributed by atoms with Gasteiger partial charge in [0.2, 0.25) is 8.32 Å². The van der Waals surface area contributed by atoms with Crippen LogP contribution in [0.3, 0.4) is 0 Å². The second-order valence-electron chi connectivity index (χ2n) is 12.9. The van der Waals surface area contributed by atoms with Gasteiger partial charge in [-0.15, -0.1) is 0 Å². The van der Waals surface area contributed by atoms with Crippen molar-refractivity contribution in [1.82, 2.24) is 10.6 Å². The van der Waals surface area contributed by atoms with Crippen molar-refractivity contribution in [1.29, 1.82) is 0 Å². The van der Waals surface area contributed by atoms with E-state index in [0.29, 0.717) is 17.7 Å². The van der Waals surface area contributed by atoms with Crippen molar-refractivity contribution >= 4 is 55.3 Å². The summed E-state index contributed by atoms with van der Waals surface area (Å²) in [5, 5.41) is 15.4. The zero-order chi connectivity index (χ0) is 37.9. The summed E-state index contributed by atoms with van der Waals surface area (Å²) >= 11 is 12.1. The molecule has 4 rings (SSSR count). The van der Waals surface area contributed by atoms with Gasteiger partial charge in [0.15, 0.2) is 0 Å². The Bertz CT molecular complexity index is 1890. The van der Waals surface area contributed by atoms with E-state index in [4.69, 9.17) is 27.6 Å². The number of rotatable bonds is 10. The van der Waals surface area contributed by atoms with Crippen LogP contribution >= 0.6 is 23.2 Å². The van der Waals surface area contributed by atoms with Crippen molar-refractivity contribution in [2.75, 3.05) is 14.2 Å². The minimum atomic E-state index is -1.93. The van der Waals surface area contributed by atoms with Gasteiger partial charge in [-0.05, 0) is 89.9 Å². The van der Waals surface area contributed by atoms with Crippen LogP contribution in [0.5, 0.6) is 11.5 Å². The summed E-state index contributed by atoms with van der Waals surface area (Å²) in [6.07, 6.45) is 0. The molecule has 3 N–H and O–H groups in total. The summed E-state index contributed by atoms with van der Waals surface area (Å²) in [5.41, 5.74) is 2.83. The number of carbonyl (C=O) groups excluding carboxylic acids is 4. The van der Waals surface area contributed by atoms with Crippen LogP contribution in [0.15, 0.2) is 84.9 Å². The number of phenolic OH excluding ortho intramolecular Hbond substituents is 1. The lowest BCUT2D eigenvalue weighted by Crippen LogP contribution is -2.43. The normalized spacial score (nSPS) is 11.0. The average Bonchev–Trinajstić information content (AvgIpc) is 3.08. The van der Waals surface area contributed by atoms with Crippen molar-refractivity contribution in [2.24, 2.45) is 0 Å². The van der Waals surface area contributed by atoms with Crippen LogP contribution in [0, 0.1) is 0 Å². The second kappa shape index (κ2) is 17.9. The van der Waals surface area contributed by atoms with Crippen molar-refractivity contribution in [2.45, 2.75) is 52.0 Å². The first-order valence-electron chi connectivity index (χ1n) is 15.8. The maximum atomic E-state index is 12.5. The molecule has 0 aliphatic carbocycles. The molecule has 270 valence electrons. The molecule has 2 amide bonds. The Morgan fingerprint density at radius 2 is 1.14 bits per heavy atom. The number of nitrogens with one attached hydrogen (secondary N) is 2. The van der Waals surface area contributed by atoms with Crippen LogP contribution < -0.4 is 15.1 Å². The number of methoxy groups -OCH3 is 2. The largest absolute Gasteiger partial charge is 0.543 e. The summed E-state index contributed by atoms with van der Waals surface area (Å²) < 4.78 is 15.6. The Morgan fingerprint density at radius 3 is 1.55 bits per heavy atom. The van der Waals surface area contributed by atoms with Crippen molar-refractivity contribution < 1.29 is 38.2 Å². The monoisotopic (exact) mass is 752 g/mol. The molecule has 0 saturated carbocycles. The third-order valence-corrected chi connectivity index (χ3v) is 13.2. The zero-order valence-electron chi connectivity index (χ0n) is 29.6.